The number of anilines is 1. The Bertz CT molecular complexity index is 552. The summed E-state index contributed by atoms with van der Waals surface area (Å²) in [7, 11) is 0. The second-order valence-electron chi connectivity index (χ2n) is 4.18. The molecule has 0 saturated carbocycles. The molecule has 1 aromatic carbocycles. The van der Waals surface area contributed by atoms with Gasteiger partial charge in [0.2, 0.25) is 0 Å². The lowest BCUT2D eigenvalue weighted by molar-refractivity contribution is -0.140. The summed E-state index contributed by atoms with van der Waals surface area (Å²) in [6.07, 6.45) is 0. The van der Waals surface area contributed by atoms with Crippen molar-refractivity contribution in [2.45, 2.75) is 6.92 Å². The van der Waals surface area contributed by atoms with Crippen molar-refractivity contribution in [2.75, 3.05) is 18.4 Å². The molecule has 0 aliphatic rings. The fourth-order valence-electron chi connectivity index (χ4n) is 1.53. The second-order valence-corrected chi connectivity index (χ2v) is 5.89. The summed E-state index contributed by atoms with van der Waals surface area (Å²) in [5.41, 5.74) is 1.34. The number of urea groups is 1. The van der Waals surface area contributed by atoms with Crippen molar-refractivity contribution in [3.63, 3.8) is 0 Å². The minimum Gasteiger partial charge on any atom is -0.480 e. The third kappa shape index (κ3) is 5.35. The maximum absolute atomic E-state index is 12.0. The Labute approximate surface area is 137 Å². The highest BCUT2D eigenvalue weighted by molar-refractivity contribution is 9.11. The number of carboxylic acids is 2. The highest BCUT2D eigenvalue weighted by atomic mass is 79.9. The van der Waals surface area contributed by atoms with Crippen molar-refractivity contribution in [2.24, 2.45) is 0 Å². The molecule has 0 unspecified atom stereocenters. The first-order valence-corrected chi connectivity index (χ1v) is 7.24. The number of benzene rings is 1. The van der Waals surface area contributed by atoms with Crippen LogP contribution in [0.1, 0.15) is 5.56 Å². The van der Waals surface area contributed by atoms with E-state index in [2.05, 4.69) is 37.2 Å². The molecule has 3 N–H and O–H groups in total. The van der Waals surface area contributed by atoms with Crippen LogP contribution in [0, 0.1) is 6.92 Å². The Morgan fingerprint density at radius 3 is 1.90 bits per heavy atom. The van der Waals surface area contributed by atoms with E-state index in [4.69, 9.17) is 10.2 Å². The van der Waals surface area contributed by atoms with Crippen LogP contribution in [-0.4, -0.2) is 46.2 Å². The minimum atomic E-state index is -1.30. The standard InChI is InChI=1S/C12H12Br2N2O5/c1-6-2-7(13)11(8(14)3-6)15-12(21)16(4-9(17)18)5-10(19)20/h2-3H,4-5H2,1H3,(H,15,21)(H,17,18)(H,19,20). The molecule has 0 heterocycles. The summed E-state index contributed by atoms with van der Waals surface area (Å²) < 4.78 is 1.18. The molecule has 0 saturated heterocycles. The summed E-state index contributed by atoms with van der Waals surface area (Å²) in [6.45, 7) is 0.445. The van der Waals surface area contributed by atoms with E-state index in [9.17, 15) is 14.4 Å². The molecule has 0 atom stereocenters. The van der Waals surface area contributed by atoms with Gasteiger partial charge in [0.05, 0.1) is 5.69 Å². The van der Waals surface area contributed by atoms with Crippen LogP contribution in [0.5, 0.6) is 0 Å². The van der Waals surface area contributed by atoms with E-state index in [1.54, 1.807) is 12.1 Å². The van der Waals surface area contributed by atoms with Crippen LogP contribution < -0.4 is 5.32 Å². The Morgan fingerprint density at radius 2 is 1.52 bits per heavy atom. The van der Waals surface area contributed by atoms with Crippen molar-refractivity contribution in [1.29, 1.82) is 0 Å². The molecule has 0 bridgehead atoms. The van der Waals surface area contributed by atoms with Gasteiger partial charge in [-0.2, -0.15) is 0 Å². The van der Waals surface area contributed by atoms with E-state index in [-0.39, 0.29) is 0 Å². The number of aryl methyl sites for hydroxylation is 1. The van der Waals surface area contributed by atoms with E-state index >= 15 is 0 Å². The zero-order chi connectivity index (χ0) is 16.2. The van der Waals surface area contributed by atoms with Gasteiger partial charge < -0.3 is 20.4 Å². The van der Waals surface area contributed by atoms with Gasteiger partial charge in [-0.15, -0.1) is 0 Å². The zero-order valence-electron chi connectivity index (χ0n) is 10.9. The molecule has 1 rings (SSSR count). The highest BCUT2D eigenvalue weighted by Gasteiger charge is 2.21. The van der Waals surface area contributed by atoms with Crippen LogP contribution >= 0.6 is 31.9 Å². The van der Waals surface area contributed by atoms with E-state index in [0.29, 0.717) is 19.5 Å². The monoisotopic (exact) mass is 422 g/mol. The van der Waals surface area contributed by atoms with Gasteiger partial charge in [0.1, 0.15) is 13.1 Å². The zero-order valence-corrected chi connectivity index (χ0v) is 14.1. The minimum absolute atomic E-state index is 0.395. The Balaban J connectivity index is 2.96. The molecule has 2 amide bonds. The fraction of sp³-hybridized carbons (Fsp3) is 0.250. The number of aliphatic carboxylic acids is 2. The van der Waals surface area contributed by atoms with Crippen molar-refractivity contribution < 1.29 is 24.6 Å². The summed E-state index contributed by atoms with van der Waals surface area (Å²) in [5, 5.41) is 19.9. The normalized spacial score (nSPS) is 10.0. The Hall–Kier alpha value is -1.61. The van der Waals surface area contributed by atoms with Crippen LogP contribution in [0.25, 0.3) is 0 Å². The van der Waals surface area contributed by atoms with Gasteiger partial charge in [0, 0.05) is 8.95 Å². The number of halogens is 2. The summed E-state index contributed by atoms with van der Waals surface area (Å²) in [6, 6.07) is 2.71. The number of hydrogen-bond acceptors (Lipinski definition) is 3. The first-order valence-electron chi connectivity index (χ1n) is 5.66. The van der Waals surface area contributed by atoms with Crippen molar-refractivity contribution in [3.05, 3.63) is 26.6 Å². The lowest BCUT2D eigenvalue weighted by Gasteiger charge is -2.20. The summed E-state index contributed by atoms with van der Waals surface area (Å²) >= 11 is 6.56. The molecule has 9 heteroatoms. The van der Waals surface area contributed by atoms with Crippen LogP contribution in [0.3, 0.4) is 0 Å². The summed E-state index contributed by atoms with van der Waals surface area (Å²) in [4.78, 5) is 34.1. The SMILES string of the molecule is Cc1cc(Br)c(NC(=O)N(CC(=O)O)CC(=O)O)c(Br)c1. The van der Waals surface area contributed by atoms with E-state index < -0.39 is 31.1 Å². The molecule has 0 radical (unpaired) electrons. The number of amides is 2. The molecule has 0 spiro atoms. The number of nitrogens with zero attached hydrogens (tertiary/aromatic N) is 1. The predicted molar refractivity (Wildman–Crippen MR) is 82.4 cm³/mol. The van der Waals surface area contributed by atoms with E-state index in [1.807, 2.05) is 6.92 Å². The molecule has 7 nitrogen and oxygen atoms in total. The van der Waals surface area contributed by atoms with Gasteiger partial charge in [0.25, 0.3) is 0 Å². The molecule has 114 valence electrons. The molecular weight excluding hydrogens is 412 g/mol. The third-order valence-corrected chi connectivity index (χ3v) is 3.61. The largest absolute Gasteiger partial charge is 0.480 e. The second kappa shape index (κ2) is 7.41. The molecule has 0 fully saturated rings. The Kier molecular flexibility index (Phi) is 6.16. The first-order chi connectivity index (χ1) is 9.70. The number of hydrogen-bond donors (Lipinski definition) is 3. The van der Waals surface area contributed by atoms with E-state index in [1.165, 1.54) is 0 Å². The van der Waals surface area contributed by atoms with Crippen LogP contribution in [0.4, 0.5) is 10.5 Å². The molecule has 21 heavy (non-hydrogen) atoms. The number of carboxylic acid groups (broad SMARTS) is 2. The van der Waals surface area contributed by atoms with Crippen LogP contribution in [0.2, 0.25) is 0 Å². The predicted octanol–water partition coefficient (Wildman–Crippen LogP) is 2.52. The first kappa shape index (κ1) is 17.4. The molecule has 0 aliphatic carbocycles. The number of carbonyl (C=O) groups excluding carboxylic acids is 1. The summed E-state index contributed by atoms with van der Waals surface area (Å²) in [5.74, 6) is -2.60. The van der Waals surface area contributed by atoms with Crippen LogP contribution in [-0.2, 0) is 9.59 Å². The average molecular weight is 424 g/mol. The topological polar surface area (TPSA) is 107 Å². The van der Waals surface area contributed by atoms with Crippen molar-refractivity contribution in [3.8, 4) is 0 Å². The molecule has 0 aromatic heterocycles. The molecular formula is C12H12Br2N2O5. The maximum Gasteiger partial charge on any atom is 0.323 e. The van der Waals surface area contributed by atoms with E-state index in [0.717, 1.165) is 5.56 Å². The van der Waals surface area contributed by atoms with Crippen LogP contribution in [0.15, 0.2) is 21.1 Å². The van der Waals surface area contributed by atoms with Gasteiger partial charge in [-0.1, -0.05) is 0 Å². The van der Waals surface area contributed by atoms with Gasteiger partial charge in [0.15, 0.2) is 0 Å². The van der Waals surface area contributed by atoms with Crippen molar-refractivity contribution in [1.82, 2.24) is 4.90 Å². The highest BCUT2D eigenvalue weighted by Crippen LogP contribution is 2.32. The van der Waals surface area contributed by atoms with Crippen molar-refractivity contribution >= 4 is 55.5 Å². The third-order valence-electron chi connectivity index (χ3n) is 2.36. The lowest BCUT2D eigenvalue weighted by Crippen LogP contribution is -2.42. The molecule has 1 aromatic rings. The number of carbonyl (C=O) groups is 3. The number of nitrogens with one attached hydrogen (secondary N) is 1. The fourth-order valence-corrected chi connectivity index (χ4v) is 3.14. The van der Waals surface area contributed by atoms with Gasteiger partial charge >= 0.3 is 18.0 Å². The smallest absolute Gasteiger partial charge is 0.323 e. The Morgan fingerprint density at radius 1 is 1.10 bits per heavy atom. The van der Waals surface area contributed by atoms with Gasteiger partial charge in [-0.3, -0.25) is 9.59 Å². The molecule has 0 aliphatic heterocycles. The lowest BCUT2D eigenvalue weighted by atomic mass is 10.2. The quantitative estimate of drug-likeness (QED) is 0.674. The van der Waals surface area contributed by atoms with Gasteiger partial charge in [-0.25, -0.2) is 4.79 Å². The maximum atomic E-state index is 12.0. The number of rotatable bonds is 5. The average Bonchev–Trinajstić information content (AvgIpc) is 2.31. The van der Waals surface area contributed by atoms with Gasteiger partial charge in [-0.05, 0) is 56.5 Å².